The molecule has 2 amide bonds. The number of carbonyl (C=O) groups is 2. The molecule has 1 unspecified atom stereocenters. The summed E-state index contributed by atoms with van der Waals surface area (Å²) in [7, 11) is 1.56. The highest BCUT2D eigenvalue weighted by Crippen LogP contribution is 2.32. The average Bonchev–Trinajstić information content (AvgIpc) is 2.74. The zero-order valence-electron chi connectivity index (χ0n) is 14.6. The van der Waals surface area contributed by atoms with E-state index in [0.717, 1.165) is 0 Å². The van der Waals surface area contributed by atoms with Crippen LogP contribution >= 0.6 is 11.6 Å². The van der Waals surface area contributed by atoms with Crippen LogP contribution in [0.1, 0.15) is 13.3 Å². The minimum atomic E-state index is -0.255. The second-order valence-corrected chi connectivity index (χ2v) is 6.52. The molecule has 1 aliphatic rings. The standard InChI is InChI=1S/C19H20ClN3O3/c1-12-9-18(24)22-14-5-3-4-6-16(14)23(12)19(25)11-21-15-10-13(20)7-8-17(15)26-2/h3-8,10,12,21H,9,11H2,1-2H3,(H,22,24). The minimum Gasteiger partial charge on any atom is -0.495 e. The van der Waals surface area contributed by atoms with Gasteiger partial charge in [0.25, 0.3) is 0 Å². The van der Waals surface area contributed by atoms with Crippen molar-refractivity contribution in [3.8, 4) is 5.75 Å². The predicted molar refractivity (Wildman–Crippen MR) is 103 cm³/mol. The number of fused-ring (bicyclic) bond motifs is 1. The number of methoxy groups -OCH3 is 1. The van der Waals surface area contributed by atoms with Gasteiger partial charge in [-0.15, -0.1) is 0 Å². The van der Waals surface area contributed by atoms with Crippen molar-refractivity contribution in [1.29, 1.82) is 0 Å². The third-order valence-corrected chi connectivity index (χ3v) is 4.45. The number of halogens is 1. The van der Waals surface area contributed by atoms with Crippen LogP contribution in [0.2, 0.25) is 5.02 Å². The summed E-state index contributed by atoms with van der Waals surface area (Å²) in [6, 6.07) is 12.2. The first-order valence-corrected chi connectivity index (χ1v) is 8.65. The van der Waals surface area contributed by atoms with Crippen molar-refractivity contribution in [2.45, 2.75) is 19.4 Å². The van der Waals surface area contributed by atoms with Gasteiger partial charge in [-0.25, -0.2) is 0 Å². The Morgan fingerprint density at radius 1 is 1.35 bits per heavy atom. The van der Waals surface area contributed by atoms with E-state index in [1.54, 1.807) is 36.3 Å². The predicted octanol–water partition coefficient (Wildman–Crippen LogP) is 3.52. The highest BCUT2D eigenvalue weighted by atomic mass is 35.5. The fraction of sp³-hybridized carbons (Fsp3) is 0.263. The van der Waals surface area contributed by atoms with Crippen LogP contribution in [0.5, 0.6) is 5.75 Å². The highest BCUT2D eigenvalue weighted by molar-refractivity contribution is 6.31. The molecule has 0 aromatic heterocycles. The van der Waals surface area contributed by atoms with E-state index in [2.05, 4.69) is 10.6 Å². The number of nitrogens with zero attached hydrogens (tertiary/aromatic N) is 1. The normalized spacial score (nSPS) is 16.3. The first kappa shape index (κ1) is 18.1. The van der Waals surface area contributed by atoms with Gasteiger partial charge in [0, 0.05) is 17.5 Å². The number of amides is 2. The molecule has 0 bridgehead atoms. The summed E-state index contributed by atoms with van der Waals surface area (Å²) in [5.41, 5.74) is 1.96. The number of benzene rings is 2. The van der Waals surface area contributed by atoms with E-state index in [4.69, 9.17) is 16.3 Å². The van der Waals surface area contributed by atoms with Crippen LogP contribution in [0.15, 0.2) is 42.5 Å². The lowest BCUT2D eigenvalue weighted by molar-refractivity contribution is -0.118. The zero-order valence-corrected chi connectivity index (χ0v) is 15.3. The van der Waals surface area contributed by atoms with Gasteiger partial charge in [0.2, 0.25) is 11.8 Å². The van der Waals surface area contributed by atoms with Crippen molar-refractivity contribution in [2.75, 3.05) is 29.2 Å². The van der Waals surface area contributed by atoms with Crippen LogP contribution in [-0.2, 0) is 9.59 Å². The molecular weight excluding hydrogens is 354 g/mol. The number of hydrogen-bond acceptors (Lipinski definition) is 4. The zero-order chi connectivity index (χ0) is 18.7. The smallest absolute Gasteiger partial charge is 0.246 e. The number of anilines is 3. The summed E-state index contributed by atoms with van der Waals surface area (Å²) in [5, 5.41) is 6.47. The van der Waals surface area contributed by atoms with E-state index in [1.807, 2.05) is 25.1 Å². The molecule has 0 fully saturated rings. The highest BCUT2D eigenvalue weighted by Gasteiger charge is 2.29. The van der Waals surface area contributed by atoms with Gasteiger partial charge in [-0.2, -0.15) is 0 Å². The minimum absolute atomic E-state index is 0.0452. The number of ether oxygens (including phenoxy) is 1. The molecule has 1 heterocycles. The first-order valence-electron chi connectivity index (χ1n) is 8.28. The first-order chi connectivity index (χ1) is 12.5. The number of rotatable bonds is 4. The number of carbonyl (C=O) groups excluding carboxylic acids is 2. The molecule has 26 heavy (non-hydrogen) atoms. The van der Waals surface area contributed by atoms with E-state index in [9.17, 15) is 9.59 Å². The molecule has 2 aromatic carbocycles. The molecule has 2 N–H and O–H groups in total. The summed E-state index contributed by atoms with van der Waals surface area (Å²) in [4.78, 5) is 26.6. The lowest BCUT2D eigenvalue weighted by Gasteiger charge is -2.28. The molecule has 6 nitrogen and oxygen atoms in total. The van der Waals surface area contributed by atoms with E-state index in [-0.39, 0.29) is 30.8 Å². The van der Waals surface area contributed by atoms with Gasteiger partial charge in [-0.05, 0) is 37.3 Å². The maximum Gasteiger partial charge on any atom is 0.246 e. The summed E-state index contributed by atoms with van der Waals surface area (Å²) in [6.45, 7) is 1.91. The Balaban J connectivity index is 1.83. The third-order valence-electron chi connectivity index (χ3n) is 4.22. The maximum absolute atomic E-state index is 12.9. The summed E-state index contributed by atoms with van der Waals surface area (Å²) < 4.78 is 5.29. The van der Waals surface area contributed by atoms with Crippen LogP contribution in [0.3, 0.4) is 0 Å². The Morgan fingerprint density at radius 2 is 2.12 bits per heavy atom. The largest absolute Gasteiger partial charge is 0.495 e. The molecule has 3 rings (SSSR count). The average molecular weight is 374 g/mol. The Hall–Kier alpha value is -2.73. The molecule has 136 valence electrons. The van der Waals surface area contributed by atoms with Gasteiger partial charge < -0.3 is 20.3 Å². The number of nitrogens with one attached hydrogen (secondary N) is 2. The van der Waals surface area contributed by atoms with Gasteiger partial charge >= 0.3 is 0 Å². The van der Waals surface area contributed by atoms with Crippen molar-refractivity contribution >= 4 is 40.5 Å². The Bertz CT molecular complexity index is 841. The molecule has 0 spiro atoms. The fourth-order valence-corrected chi connectivity index (χ4v) is 3.21. The van der Waals surface area contributed by atoms with Crippen LogP contribution in [0, 0.1) is 0 Å². The fourth-order valence-electron chi connectivity index (χ4n) is 3.04. The van der Waals surface area contributed by atoms with Crippen molar-refractivity contribution in [1.82, 2.24) is 0 Å². The van der Waals surface area contributed by atoms with Crippen LogP contribution in [0.4, 0.5) is 17.1 Å². The van der Waals surface area contributed by atoms with Crippen molar-refractivity contribution in [2.24, 2.45) is 0 Å². The van der Waals surface area contributed by atoms with Crippen LogP contribution in [-0.4, -0.2) is 31.5 Å². The van der Waals surface area contributed by atoms with E-state index in [0.29, 0.717) is 27.8 Å². The van der Waals surface area contributed by atoms with Crippen LogP contribution in [0.25, 0.3) is 0 Å². The Morgan fingerprint density at radius 3 is 2.88 bits per heavy atom. The summed E-state index contributed by atoms with van der Waals surface area (Å²) >= 11 is 6.03. The number of para-hydroxylation sites is 2. The van der Waals surface area contributed by atoms with Crippen molar-refractivity contribution in [3.05, 3.63) is 47.5 Å². The molecule has 0 saturated heterocycles. The second kappa shape index (κ2) is 7.66. The van der Waals surface area contributed by atoms with E-state index in [1.165, 1.54) is 0 Å². The molecule has 0 aliphatic carbocycles. The van der Waals surface area contributed by atoms with Crippen LogP contribution < -0.4 is 20.3 Å². The number of hydrogen-bond donors (Lipinski definition) is 2. The second-order valence-electron chi connectivity index (χ2n) is 6.08. The summed E-state index contributed by atoms with van der Waals surface area (Å²) in [5.74, 6) is 0.344. The van der Waals surface area contributed by atoms with Gasteiger partial charge in [0.15, 0.2) is 0 Å². The SMILES string of the molecule is COc1ccc(Cl)cc1NCC(=O)N1c2ccccc2NC(=O)CC1C. The molecule has 7 heteroatoms. The maximum atomic E-state index is 12.9. The molecule has 2 aromatic rings. The lowest BCUT2D eigenvalue weighted by atomic mass is 10.1. The van der Waals surface area contributed by atoms with Crippen molar-refractivity contribution < 1.29 is 14.3 Å². The summed E-state index contributed by atoms with van der Waals surface area (Å²) in [6.07, 6.45) is 0.237. The molecule has 1 atom stereocenters. The lowest BCUT2D eigenvalue weighted by Crippen LogP contribution is -2.42. The Kier molecular flexibility index (Phi) is 5.32. The van der Waals surface area contributed by atoms with E-state index < -0.39 is 0 Å². The van der Waals surface area contributed by atoms with Gasteiger partial charge in [0.05, 0.1) is 30.7 Å². The topological polar surface area (TPSA) is 70.7 Å². The monoisotopic (exact) mass is 373 g/mol. The van der Waals surface area contributed by atoms with Crippen molar-refractivity contribution in [3.63, 3.8) is 0 Å². The van der Waals surface area contributed by atoms with Gasteiger partial charge in [-0.1, -0.05) is 23.7 Å². The molecule has 0 saturated carbocycles. The van der Waals surface area contributed by atoms with Gasteiger partial charge in [0.1, 0.15) is 5.75 Å². The third kappa shape index (κ3) is 3.75. The molecule has 1 aliphatic heterocycles. The molecule has 0 radical (unpaired) electrons. The van der Waals surface area contributed by atoms with E-state index >= 15 is 0 Å². The Labute approximate surface area is 157 Å². The van der Waals surface area contributed by atoms with Gasteiger partial charge in [-0.3, -0.25) is 9.59 Å². The quantitative estimate of drug-likeness (QED) is 0.860. The molecular formula is C19H20ClN3O3.